The first kappa shape index (κ1) is 23.2. The van der Waals surface area contributed by atoms with Crippen molar-refractivity contribution in [3.63, 3.8) is 0 Å². The van der Waals surface area contributed by atoms with Crippen molar-refractivity contribution in [2.45, 2.75) is 24.4 Å². The summed E-state index contributed by atoms with van der Waals surface area (Å²) in [6, 6.07) is 17.6. The van der Waals surface area contributed by atoms with E-state index in [0.29, 0.717) is 11.1 Å². The van der Waals surface area contributed by atoms with E-state index in [9.17, 15) is 13.2 Å². The Balaban J connectivity index is 1.64. The second-order valence-corrected chi connectivity index (χ2v) is 9.61. The number of carboxylic acid groups (broad SMARTS) is 1. The molecule has 34 heavy (non-hydrogen) atoms. The Labute approximate surface area is 197 Å². The van der Waals surface area contributed by atoms with Crippen LogP contribution in [0.1, 0.15) is 16.7 Å². The average Bonchev–Trinajstić information content (AvgIpc) is 2.85. The summed E-state index contributed by atoms with van der Waals surface area (Å²) in [6.45, 7) is 0.213. The summed E-state index contributed by atoms with van der Waals surface area (Å²) < 4.78 is 28.3. The van der Waals surface area contributed by atoms with Crippen molar-refractivity contribution < 1.29 is 18.3 Å². The van der Waals surface area contributed by atoms with Crippen molar-refractivity contribution in [3.05, 3.63) is 108 Å². The molecule has 2 aromatic carbocycles. The van der Waals surface area contributed by atoms with Gasteiger partial charge in [0.05, 0.1) is 6.42 Å². The number of rotatable bonds is 9. The van der Waals surface area contributed by atoms with E-state index in [1.165, 1.54) is 29.1 Å². The number of hydrogen-bond acceptors (Lipinski definition) is 6. The van der Waals surface area contributed by atoms with Crippen LogP contribution in [-0.2, 0) is 34.3 Å². The van der Waals surface area contributed by atoms with Crippen LogP contribution in [-0.4, -0.2) is 38.8 Å². The largest absolute Gasteiger partial charge is 0.481 e. The normalized spacial score (nSPS) is 11.4. The molecule has 8 nitrogen and oxygen atoms in total. The van der Waals surface area contributed by atoms with Crippen LogP contribution in [0.5, 0.6) is 0 Å². The molecule has 0 spiro atoms. The van der Waals surface area contributed by atoms with E-state index in [1.54, 1.807) is 42.7 Å². The third-order valence-corrected chi connectivity index (χ3v) is 6.96. The highest BCUT2D eigenvalue weighted by atomic mass is 32.2. The molecule has 0 unspecified atom stereocenters. The number of nitrogens with zero attached hydrogens (tertiary/aromatic N) is 4. The Morgan fingerprint density at radius 2 is 1.50 bits per heavy atom. The first-order valence-corrected chi connectivity index (χ1v) is 11.9. The van der Waals surface area contributed by atoms with Gasteiger partial charge in [-0.05, 0) is 34.4 Å². The molecule has 0 radical (unpaired) electrons. The molecule has 0 atom stereocenters. The number of aromatic nitrogens is 3. The predicted molar refractivity (Wildman–Crippen MR) is 126 cm³/mol. The number of hydrogen-bond donors (Lipinski definition) is 1. The highest BCUT2D eigenvalue weighted by Crippen LogP contribution is 2.23. The van der Waals surface area contributed by atoms with Crippen molar-refractivity contribution in [2.24, 2.45) is 0 Å². The van der Waals surface area contributed by atoms with Gasteiger partial charge in [-0.1, -0.05) is 48.5 Å². The molecule has 0 aliphatic heterocycles. The van der Waals surface area contributed by atoms with Crippen LogP contribution >= 0.6 is 0 Å². The number of pyridine rings is 1. The Kier molecular flexibility index (Phi) is 7.05. The fourth-order valence-corrected chi connectivity index (χ4v) is 4.93. The van der Waals surface area contributed by atoms with Crippen LogP contribution in [0.2, 0.25) is 0 Å². The molecule has 9 heteroatoms. The second-order valence-electron chi connectivity index (χ2n) is 7.68. The third-order valence-electron chi connectivity index (χ3n) is 5.18. The van der Waals surface area contributed by atoms with Gasteiger partial charge in [0, 0.05) is 43.4 Å². The summed E-state index contributed by atoms with van der Waals surface area (Å²) in [5.41, 5.74) is 3.90. The second kappa shape index (κ2) is 10.3. The van der Waals surface area contributed by atoms with Crippen molar-refractivity contribution >= 4 is 16.0 Å². The van der Waals surface area contributed by atoms with Crippen LogP contribution in [0.4, 0.5) is 0 Å². The van der Waals surface area contributed by atoms with Gasteiger partial charge < -0.3 is 5.11 Å². The minimum atomic E-state index is -3.86. The standard InChI is InChI=1S/C25H22N4O4S/c30-25(31)12-20-3-1-4-21(11-20)17-29(34(32,33)24-5-2-10-26-15-24)16-19-6-8-22(9-7-19)23-13-27-18-28-14-23/h1-11,13-15,18H,12,16-17H2,(H,30,31). The first-order chi connectivity index (χ1) is 16.4. The van der Waals surface area contributed by atoms with Gasteiger partial charge in [-0.2, -0.15) is 4.31 Å². The maximum atomic E-state index is 13.5. The lowest BCUT2D eigenvalue weighted by Gasteiger charge is -2.23. The molecule has 4 aromatic rings. The van der Waals surface area contributed by atoms with E-state index in [-0.39, 0.29) is 24.4 Å². The van der Waals surface area contributed by atoms with E-state index in [4.69, 9.17) is 5.11 Å². The number of benzene rings is 2. The SMILES string of the molecule is O=C(O)Cc1cccc(CN(Cc2ccc(-c3cncnc3)cc2)S(=O)(=O)c2cccnc2)c1. The quantitative estimate of drug-likeness (QED) is 0.395. The summed E-state index contributed by atoms with van der Waals surface area (Å²) in [6.07, 6.45) is 7.60. The zero-order valence-electron chi connectivity index (χ0n) is 18.2. The van der Waals surface area contributed by atoms with E-state index < -0.39 is 16.0 Å². The monoisotopic (exact) mass is 474 g/mol. The number of carboxylic acids is 1. The summed E-state index contributed by atoms with van der Waals surface area (Å²) in [4.78, 5) is 23.2. The lowest BCUT2D eigenvalue weighted by molar-refractivity contribution is -0.136. The molecule has 172 valence electrons. The minimum absolute atomic E-state index is 0.0823. The fourth-order valence-electron chi connectivity index (χ4n) is 3.55. The lowest BCUT2D eigenvalue weighted by Crippen LogP contribution is -2.30. The molecule has 0 fully saturated rings. The van der Waals surface area contributed by atoms with Gasteiger partial charge in [0.2, 0.25) is 10.0 Å². The molecular formula is C25H22N4O4S. The molecule has 0 aliphatic carbocycles. The van der Waals surface area contributed by atoms with E-state index in [0.717, 1.165) is 16.7 Å². The predicted octanol–water partition coefficient (Wildman–Crippen LogP) is 3.56. The van der Waals surface area contributed by atoms with Gasteiger partial charge in [-0.15, -0.1) is 0 Å². The maximum absolute atomic E-state index is 13.5. The molecule has 2 heterocycles. The van der Waals surface area contributed by atoms with Gasteiger partial charge in [-0.3, -0.25) is 9.78 Å². The topological polar surface area (TPSA) is 113 Å². The molecule has 1 N–H and O–H groups in total. The smallest absolute Gasteiger partial charge is 0.307 e. The number of aliphatic carboxylic acids is 1. The zero-order chi connectivity index (χ0) is 24.0. The van der Waals surface area contributed by atoms with E-state index >= 15 is 0 Å². The Bertz CT molecular complexity index is 1360. The summed E-state index contributed by atoms with van der Waals surface area (Å²) in [7, 11) is -3.86. The van der Waals surface area contributed by atoms with Gasteiger partial charge in [-0.25, -0.2) is 18.4 Å². The van der Waals surface area contributed by atoms with Crippen molar-refractivity contribution in [1.29, 1.82) is 0 Å². The lowest BCUT2D eigenvalue weighted by atomic mass is 10.1. The van der Waals surface area contributed by atoms with Crippen LogP contribution < -0.4 is 0 Å². The van der Waals surface area contributed by atoms with Crippen molar-refractivity contribution in [3.8, 4) is 11.1 Å². The van der Waals surface area contributed by atoms with Crippen LogP contribution in [0.25, 0.3) is 11.1 Å². The third kappa shape index (κ3) is 5.69. The maximum Gasteiger partial charge on any atom is 0.307 e. The Morgan fingerprint density at radius 1 is 0.794 bits per heavy atom. The van der Waals surface area contributed by atoms with Crippen LogP contribution in [0.3, 0.4) is 0 Å². The van der Waals surface area contributed by atoms with Crippen molar-refractivity contribution in [2.75, 3.05) is 0 Å². The molecule has 0 saturated carbocycles. The number of carbonyl (C=O) groups is 1. The minimum Gasteiger partial charge on any atom is -0.481 e. The van der Waals surface area contributed by atoms with Crippen LogP contribution in [0, 0.1) is 0 Å². The van der Waals surface area contributed by atoms with E-state index in [1.807, 2.05) is 24.3 Å². The van der Waals surface area contributed by atoms with Gasteiger partial charge >= 0.3 is 5.97 Å². The summed E-state index contributed by atoms with van der Waals surface area (Å²) in [5.74, 6) is -0.944. The zero-order valence-corrected chi connectivity index (χ0v) is 19.0. The van der Waals surface area contributed by atoms with E-state index in [2.05, 4.69) is 15.0 Å². The molecule has 2 aromatic heterocycles. The van der Waals surface area contributed by atoms with Gasteiger partial charge in [0.15, 0.2) is 0 Å². The fraction of sp³-hybridized carbons (Fsp3) is 0.120. The molecule has 0 saturated heterocycles. The summed E-state index contributed by atoms with van der Waals surface area (Å²) >= 11 is 0. The average molecular weight is 475 g/mol. The molecule has 0 amide bonds. The van der Waals surface area contributed by atoms with Crippen LogP contribution in [0.15, 0.2) is 96.7 Å². The highest BCUT2D eigenvalue weighted by molar-refractivity contribution is 7.89. The Hall–Kier alpha value is -3.95. The number of sulfonamides is 1. The molecule has 0 bridgehead atoms. The Morgan fingerprint density at radius 3 is 2.18 bits per heavy atom. The van der Waals surface area contributed by atoms with Gasteiger partial charge in [0.1, 0.15) is 11.2 Å². The molecular weight excluding hydrogens is 452 g/mol. The highest BCUT2D eigenvalue weighted by Gasteiger charge is 2.25. The first-order valence-electron chi connectivity index (χ1n) is 10.5. The molecule has 0 aliphatic rings. The molecule has 4 rings (SSSR count). The van der Waals surface area contributed by atoms with Gasteiger partial charge in [0.25, 0.3) is 0 Å². The van der Waals surface area contributed by atoms with Crippen molar-refractivity contribution in [1.82, 2.24) is 19.3 Å². The summed E-state index contributed by atoms with van der Waals surface area (Å²) in [5, 5.41) is 9.10.